The highest BCUT2D eigenvalue weighted by molar-refractivity contribution is 5.66. The number of benzene rings is 2. The highest BCUT2D eigenvalue weighted by Gasteiger charge is 2.30. The van der Waals surface area contributed by atoms with Crippen molar-refractivity contribution in [3.05, 3.63) is 65.1 Å². The SMILES string of the molecule is N#Cc1n[nH]nc1-c1cccc(OCc2cccc(C(F)(F)F)c2)c1F. The average molecular weight is 362 g/mol. The lowest BCUT2D eigenvalue weighted by atomic mass is 10.1. The number of aromatic amines is 1. The molecule has 5 nitrogen and oxygen atoms in total. The first-order valence-corrected chi connectivity index (χ1v) is 7.29. The highest BCUT2D eigenvalue weighted by Crippen LogP contribution is 2.31. The van der Waals surface area contributed by atoms with Crippen LogP contribution in [0.15, 0.2) is 42.5 Å². The summed E-state index contributed by atoms with van der Waals surface area (Å²) in [6.45, 7) is -0.256. The molecule has 0 bridgehead atoms. The van der Waals surface area contributed by atoms with Crippen LogP contribution in [0.1, 0.15) is 16.8 Å². The number of alkyl halides is 3. The molecule has 1 N–H and O–H groups in total. The largest absolute Gasteiger partial charge is 0.486 e. The fourth-order valence-corrected chi connectivity index (χ4v) is 2.30. The molecule has 0 unspecified atom stereocenters. The molecule has 0 saturated heterocycles. The molecule has 3 rings (SSSR count). The second kappa shape index (κ2) is 6.84. The second-order valence-corrected chi connectivity index (χ2v) is 5.24. The van der Waals surface area contributed by atoms with E-state index in [1.807, 2.05) is 0 Å². The summed E-state index contributed by atoms with van der Waals surface area (Å²) in [5.41, 5.74) is -0.636. The molecule has 9 heteroatoms. The lowest BCUT2D eigenvalue weighted by Crippen LogP contribution is -2.06. The van der Waals surface area contributed by atoms with Gasteiger partial charge in [0.05, 0.1) is 5.56 Å². The van der Waals surface area contributed by atoms with E-state index in [0.717, 1.165) is 12.1 Å². The first kappa shape index (κ1) is 17.4. The first-order valence-electron chi connectivity index (χ1n) is 7.29. The van der Waals surface area contributed by atoms with E-state index >= 15 is 0 Å². The molecule has 132 valence electrons. The smallest absolute Gasteiger partial charge is 0.416 e. The topological polar surface area (TPSA) is 74.6 Å². The van der Waals surface area contributed by atoms with Gasteiger partial charge in [-0.15, -0.1) is 5.10 Å². The van der Waals surface area contributed by atoms with Crippen LogP contribution >= 0.6 is 0 Å². The lowest BCUT2D eigenvalue weighted by molar-refractivity contribution is -0.137. The summed E-state index contributed by atoms with van der Waals surface area (Å²) < 4.78 is 58.1. The standard InChI is InChI=1S/C17H10F4N4O/c18-15-12(16-13(8-22)23-25-24-16)5-2-6-14(15)26-9-10-3-1-4-11(7-10)17(19,20)21/h1-7H,9H2,(H,23,24,25). The van der Waals surface area contributed by atoms with Crippen molar-refractivity contribution in [1.29, 1.82) is 5.26 Å². The van der Waals surface area contributed by atoms with Gasteiger partial charge in [0, 0.05) is 5.56 Å². The highest BCUT2D eigenvalue weighted by atomic mass is 19.4. The van der Waals surface area contributed by atoms with Gasteiger partial charge in [-0.25, -0.2) is 4.39 Å². The minimum absolute atomic E-state index is 0.00292. The van der Waals surface area contributed by atoms with E-state index in [0.29, 0.717) is 0 Å². The van der Waals surface area contributed by atoms with E-state index in [1.165, 1.54) is 30.3 Å². The monoisotopic (exact) mass is 362 g/mol. The Kier molecular flexibility index (Phi) is 4.58. The molecule has 1 heterocycles. The van der Waals surface area contributed by atoms with Crippen LogP contribution in [-0.2, 0) is 12.8 Å². The fourth-order valence-electron chi connectivity index (χ4n) is 2.30. The zero-order chi connectivity index (χ0) is 18.7. The van der Waals surface area contributed by atoms with Gasteiger partial charge in [-0.1, -0.05) is 18.2 Å². The number of hydrogen-bond acceptors (Lipinski definition) is 4. The van der Waals surface area contributed by atoms with Gasteiger partial charge in [0.15, 0.2) is 17.3 Å². The third kappa shape index (κ3) is 3.49. The summed E-state index contributed by atoms with van der Waals surface area (Å²) in [5, 5.41) is 18.5. The van der Waals surface area contributed by atoms with Crippen molar-refractivity contribution in [2.24, 2.45) is 0 Å². The molecule has 0 aliphatic carbocycles. The molecule has 1 aromatic heterocycles. The lowest BCUT2D eigenvalue weighted by Gasteiger charge is -2.11. The average Bonchev–Trinajstić information content (AvgIpc) is 3.09. The molecule has 0 aliphatic heterocycles. The van der Waals surface area contributed by atoms with Gasteiger partial charge in [0.1, 0.15) is 18.4 Å². The number of ether oxygens (including phenoxy) is 1. The third-order valence-corrected chi connectivity index (χ3v) is 3.52. The maximum Gasteiger partial charge on any atom is 0.416 e. The van der Waals surface area contributed by atoms with Crippen molar-refractivity contribution in [1.82, 2.24) is 15.4 Å². The van der Waals surface area contributed by atoms with Gasteiger partial charge in [-0.05, 0) is 29.8 Å². The quantitative estimate of drug-likeness (QED) is 0.710. The van der Waals surface area contributed by atoms with Crippen LogP contribution in [0.25, 0.3) is 11.3 Å². The number of H-pyrrole nitrogens is 1. The third-order valence-electron chi connectivity index (χ3n) is 3.52. The van der Waals surface area contributed by atoms with Crippen molar-refractivity contribution in [2.75, 3.05) is 0 Å². The molecule has 2 aromatic carbocycles. The fraction of sp³-hybridized carbons (Fsp3) is 0.118. The zero-order valence-electron chi connectivity index (χ0n) is 13.0. The normalized spacial score (nSPS) is 11.2. The van der Waals surface area contributed by atoms with Crippen molar-refractivity contribution < 1.29 is 22.3 Å². The van der Waals surface area contributed by atoms with Gasteiger partial charge < -0.3 is 4.74 Å². The number of aromatic nitrogens is 3. The van der Waals surface area contributed by atoms with Crippen molar-refractivity contribution in [2.45, 2.75) is 12.8 Å². The molecule has 0 saturated carbocycles. The Hall–Kier alpha value is -3.41. The number of rotatable bonds is 4. The molecule has 0 fully saturated rings. The Bertz CT molecular complexity index is 975. The van der Waals surface area contributed by atoms with Crippen LogP contribution in [0.3, 0.4) is 0 Å². The van der Waals surface area contributed by atoms with Crippen LogP contribution in [0.4, 0.5) is 17.6 Å². The number of halogens is 4. The number of nitrogens with one attached hydrogen (secondary N) is 1. The number of nitrogens with zero attached hydrogens (tertiary/aromatic N) is 3. The summed E-state index contributed by atoms with van der Waals surface area (Å²) in [4.78, 5) is 0. The summed E-state index contributed by atoms with van der Waals surface area (Å²) in [6.07, 6.45) is -4.47. The number of nitriles is 1. The van der Waals surface area contributed by atoms with Crippen LogP contribution in [0, 0.1) is 17.1 Å². The summed E-state index contributed by atoms with van der Waals surface area (Å²) in [5.74, 6) is -0.961. The Morgan fingerprint density at radius 2 is 1.88 bits per heavy atom. The van der Waals surface area contributed by atoms with Gasteiger partial charge in [-0.2, -0.15) is 28.7 Å². The van der Waals surface area contributed by atoms with Crippen LogP contribution in [0.5, 0.6) is 5.75 Å². The number of hydrogen-bond donors (Lipinski definition) is 1. The molecule has 3 aromatic rings. The van der Waals surface area contributed by atoms with E-state index in [4.69, 9.17) is 10.00 Å². The van der Waals surface area contributed by atoms with Crippen LogP contribution in [0.2, 0.25) is 0 Å². The zero-order valence-corrected chi connectivity index (χ0v) is 13.0. The molecule has 0 amide bonds. The Morgan fingerprint density at radius 3 is 2.62 bits per heavy atom. The van der Waals surface area contributed by atoms with E-state index in [-0.39, 0.29) is 34.9 Å². The Labute approximate surface area is 144 Å². The minimum Gasteiger partial charge on any atom is -0.486 e. The molecule has 0 spiro atoms. The first-order chi connectivity index (χ1) is 12.4. The molecule has 0 atom stereocenters. The summed E-state index contributed by atoms with van der Waals surface area (Å²) in [7, 11) is 0. The second-order valence-electron chi connectivity index (χ2n) is 5.24. The van der Waals surface area contributed by atoms with Gasteiger partial charge in [-0.3, -0.25) is 0 Å². The Morgan fingerprint density at radius 1 is 1.12 bits per heavy atom. The molecular weight excluding hydrogens is 352 g/mol. The van der Waals surface area contributed by atoms with Gasteiger partial charge in [0.25, 0.3) is 0 Å². The van der Waals surface area contributed by atoms with Crippen LogP contribution < -0.4 is 4.74 Å². The van der Waals surface area contributed by atoms with E-state index in [2.05, 4.69) is 15.4 Å². The van der Waals surface area contributed by atoms with Crippen molar-refractivity contribution in [3.8, 4) is 23.1 Å². The van der Waals surface area contributed by atoms with Gasteiger partial charge in [0.2, 0.25) is 0 Å². The minimum atomic E-state index is -4.47. The molecule has 26 heavy (non-hydrogen) atoms. The van der Waals surface area contributed by atoms with E-state index in [1.54, 1.807) is 6.07 Å². The summed E-state index contributed by atoms with van der Waals surface area (Å²) in [6, 6.07) is 10.6. The van der Waals surface area contributed by atoms with E-state index in [9.17, 15) is 17.6 Å². The van der Waals surface area contributed by atoms with E-state index < -0.39 is 17.6 Å². The van der Waals surface area contributed by atoms with Crippen LogP contribution in [-0.4, -0.2) is 15.4 Å². The maximum absolute atomic E-state index is 14.6. The summed E-state index contributed by atoms with van der Waals surface area (Å²) >= 11 is 0. The molecule has 0 radical (unpaired) electrons. The predicted molar refractivity (Wildman–Crippen MR) is 82.3 cm³/mol. The van der Waals surface area contributed by atoms with Gasteiger partial charge >= 0.3 is 6.18 Å². The predicted octanol–water partition coefficient (Wildman–Crippen LogP) is 4.08. The Balaban J connectivity index is 1.84. The van der Waals surface area contributed by atoms with Crippen molar-refractivity contribution in [3.63, 3.8) is 0 Å². The van der Waals surface area contributed by atoms with Crippen molar-refractivity contribution >= 4 is 0 Å². The maximum atomic E-state index is 14.6. The molecular formula is C17H10F4N4O. The molecule has 0 aliphatic rings.